The van der Waals surface area contributed by atoms with Crippen LogP contribution in [0.4, 0.5) is 5.69 Å². The van der Waals surface area contributed by atoms with Crippen molar-refractivity contribution in [3.8, 4) is 0 Å². The Bertz CT molecular complexity index is 562. The van der Waals surface area contributed by atoms with E-state index in [0.29, 0.717) is 17.4 Å². The van der Waals surface area contributed by atoms with Crippen LogP contribution < -0.4 is 5.32 Å². The molecule has 0 spiro atoms. The Morgan fingerprint density at radius 2 is 2.26 bits per heavy atom. The number of hydrogen-bond donors (Lipinski definition) is 1. The molecule has 2 rings (SSSR count). The highest BCUT2D eigenvalue weighted by Gasteiger charge is 2.11. The monoisotopic (exact) mass is 299 g/mol. The maximum atomic E-state index is 11.8. The van der Waals surface area contributed by atoms with Crippen LogP contribution in [0.15, 0.2) is 18.7 Å². The van der Waals surface area contributed by atoms with Gasteiger partial charge in [-0.25, -0.2) is 9.97 Å². The van der Waals surface area contributed by atoms with Crippen molar-refractivity contribution in [3.63, 3.8) is 0 Å². The molecule has 1 amide bonds. The van der Waals surface area contributed by atoms with Crippen LogP contribution in [0.25, 0.3) is 0 Å². The van der Waals surface area contributed by atoms with Gasteiger partial charge in [-0.05, 0) is 18.6 Å². The van der Waals surface area contributed by atoms with Gasteiger partial charge in [-0.3, -0.25) is 9.48 Å². The number of anilines is 1. The largest absolute Gasteiger partial charge is 0.323 e. The molecule has 0 saturated heterocycles. The first-order valence-corrected chi connectivity index (χ1v) is 6.27. The standard InChI is InChI=1S/C11H11Cl2N5O/c1-7-4-8(12)16-11(13)10(7)17-9(19)2-3-18-6-14-5-15-18/h4-6H,2-3H2,1H3,(H,17,19). The van der Waals surface area contributed by atoms with E-state index in [2.05, 4.69) is 20.4 Å². The fraction of sp³-hybridized carbons (Fsp3) is 0.273. The molecule has 2 aromatic heterocycles. The summed E-state index contributed by atoms with van der Waals surface area (Å²) in [4.78, 5) is 19.5. The molecule has 0 aliphatic carbocycles. The summed E-state index contributed by atoms with van der Waals surface area (Å²) in [5.74, 6) is -0.176. The quantitative estimate of drug-likeness (QED) is 0.879. The highest BCUT2D eigenvalue weighted by Crippen LogP contribution is 2.26. The molecular weight excluding hydrogens is 289 g/mol. The molecule has 2 heterocycles. The van der Waals surface area contributed by atoms with E-state index >= 15 is 0 Å². The van der Waals surface area contributed by atoms with Gasteiger partial charge in [0.05, 0.1) is 12.2 Å². The maximum Gasteiger partial charge on any atom is 0.226 e. The molecule has 0 saturated carbocycles. The molecule has 2 aromatic rings. The lowest BCUT2D eigenvalue weighted by molar-refractivity contribution is -0.116. The summed E-state index contributed by atoms with van der Waals surface area (Å²) in [6, 6.07) is 1.64. The van der Waals surface area contributed by atoms with Crippen LogP contribution in [0.1, 0.15) is 12.0 Å². The van der Waals surface area contributed by atoms with E-state index in [1.165, 1.54) is 6.33 Å². The molecule has 0 unspecified atom stereocenters. The van der Waals surface area contributed by atoms with E-state index in [1.54, 1.807) is 24.0 Å². The molecular formula is C11H11Cl2N5O. The van der Waals surface area contributed by atoms with Gasteiger partial charge in [0.2, 0.25) is 5.91 Å². The zero-order chi connectivity index (χ0) is 13.8. The van der Waals surface area contributed by atoms with E-state index < -0.39 is 0 Å². The Labute approximate surface area is 119 Å². The Balaban J connectivity index is 1.99. The Morgan fingerprint density at radius 1 is 1.47 bits per heavy atom. The first-order chi connectivity index (χ1) is 9.06. The average molecular weight is 300 g/mol. The van der Waals surface area contributed by atoms with Crippen molar-refractivity contribution in [2.24, 2.45) is 0 Å². The third kappa shape index (κ3) is 3.65. The minimum atomic E-state index is -0.176. The minimum absolute atomic E-state index is 0.176. The van der Waals surface area contributed by atoms with Crippen LogP contribution in [-0.2, 0) is 11.3 Å². The SMILES string of the molecule is Cc1cc(Cl)nc(Cl)c1NC(=O)CCn1cncn1. The summed E-state index contributed by atoms with van der Waals surface area (Å²) in [5.41, 5.74) is 1.24. The van der Waals surface area contributed by atoms with Gasteiger partial charge >= 0.3 is 0 Å². The van der Waals surface area contributed by atoms with Crippen molar-refractivity contribution in [1.29, 1.82) is 0 Å². The number of carbonyl (C=O) groups is 1. The number of amides is 1. The predicted molar refractivity (Wildman–Crippen MR) is 72.3 cm³/mol. The fourth-order valence-electron chi connectivity index (χ4n) is 1.51. The Kier molecular flexibility index (Phi) is 4.34. The Morgan fingerprint density at radius 3 is 2.89 bits per heavy atom. The van der Waals surface area contributed by atoms with Gasteiger partial charge < -0.3 is 5.32 Å². The van der Waals surface area contributed by atoms with E-state index in [9.17, 15) is 4.79 Å². The lowest BCUT2D eigenvalue weighted by atomic mass is 10.2. The normalized spacial score (nSPS) is 10.5. The third-order valence-electron chi connectivity index (χ3n) is 2.44. The van der Waals surface area contributed by atoms with Crippen LogP contribution in [0.3, 0.4) is 0 Å². The number of pyridine rings is 1. The maximum absolute atomic E-state index is 11.8. The van der Waals surface area contributed by atoms with Gasteiger partial charge in [-0.2, -0.15) is 5.10 Å². The molecule has 8 heteroatoms. The topological polar surface area (TPSA) is 72.7 Å². The minimum Gasteiger partial charge on any atom is -0.323 e. The van der Waals surface area contributed by atoms with Crippen molar-refractivity contribution < 1.29 is 4.79 Å². The third-order valence-corrected chi connectivity index (χ3v) is 2.91. The first kappa shape index (κ1) is 13.8. The molecule has 100 valence electrons. The summed E-state index contributed by atoms with van der Waals surface area (Å²) in [6.07, 6.45) is 3.24. The zero-order valence-electron chi connectivity index (χ0n) is 10.1. The molecule has 1 N–H and O–H groups in total. The highest BCUT2D eigenvalue weighted by atomic mass is 35.5. The number of hydrogen-bond acceptors (Lipinski definition) is 4. The molecule has 0 fully saturated rings. The Hall–Kier alpha value is -1.66. The van der Waals surface area contributed by atoms with Crippen molar-refractivity contribution in [1.82, 2.24) is 19.7 Å². The number of nitrogens with one attached hydrogen (secondary N) is 1. The average Bonchev–Trinajstić information content (AvgIpc) is 2.84. The van der Waals surface area contributed by atoms with Crippen molar-refractivity contribution in [2.45, 2.75) is 19.9 Å². The smallest absolute Gasteiger partial charge is 0.226 e. The summed E-state index contributed by atoms with van der Waals surface area (Å²) in [7, 11) is 0. The van der Waals surface area contributed by atoms with Gasteiger partial charge in [0, 0.05) is 6.42 Å². The molecule has 0 bridgehead atoms. The van der Waals surface area contributed by atoms with Gasteiger partial charge in [-0.15, -0.1) is 0 Å². The van der Waals surface area contributed by atoms with Crippen LogP contribution in [-0.4, -0.2) is 25.7 Å². The number of aromatic nitrogens is 4. The molecule has 0 radical (unpaired) electrons. The van der Waals surface area contributed by atoms with Crippen molar-refractivity contribution in [3.05, 3.63) is 34.6 Å². The van der Waals surface area contributed by atoms with E-state index in [1.807, 2.05) is 0 Å². The number of nitrogens with zero attached hydrogens (tertiary/aromatic N) is 4. The molecule has 0 aliphatic heterocycles. The second-order valence-electron chi connectivity index (χ2n) is 3.88. The fourth-order valence-corrected chi connectivity index (χ4v) is 2.09. The second-order valence-corrected chi connectivity index (χ2v) is 4.63. The number of halogens is 2. The molecule has 0 aromatic carbocycles. The van der Waals surface area contributed by atoms with Crippen LogP contribution in [0, 0.1) is 6.92 Å². The number of aryl methyl sites for hydroxylation is 2. The van der Waals surface area contributed by atoms with Crippen molar-refractivity contribution in [2.75, 3.05) is 5.32 Å². The lowest BCUT2D eigenvalue weighted by Crippen LogP contribution is -2.16. The van der Waals surface area contributed by atoms with Crippen molar-refractivity contribution >= 4 is 34.8 Å². The van der Waals surface area contributed by atoms with Crippen LogP contribution >= 0.6 is 23.2 Å². The number of carbonyl (C=O) groups excluding carboxylic acids is 1. The van der Waals surface area contributed by atoms with Gasteiger partial charge in [0.1, 0.15) is 17.8 Å². The molecule has 0 aliphatic rings. The molecule has 6 nitrogen and oxygen atoms in total. The van der Waals surface area contributed by atoms with Crippen LogP contribution in [0.5, 0.6) is 0 Å². The van der Waals surface area contributed by atoms with Gasteiger partial charge in [-0.1, -0.05) is 23.2 Å². The van der Waals surface area contributed by atoms with Gasteiger partial charge in [0.15, 0.2) is 5.15 Å². The molecule has 19 heavy (non-hydrogen) atoms. The van der Waals surface area contributed by atoms with E-state index in [4.69, 9.17) is 23.2 Å². The highest BCUT2D eigenvalue weighted by molar-refractivity contribution is 6.34. The summed E-state index contributed by atoms with van der Waals surface area (Å²) in [6.45, 7) is 2.25. The first-order valence-electron chi connectivity index (χ1n) is 5.51. The summed E-state index contributed by atoms with van der Waals surface area (Å²) < 4.78 is 1.58. The number of rotatable bonds is 4. The van der Waals surface area contributed by atoms with E-state index in [-0.39, 0.29) is 17.5 Å². The summed E-state index contributed by atoms with van der Waals surface area (Å²) in [5, 5.41) is 7.10. The van der Waals surface area contributed by atoms with Gasteiger partial charge in [0.25, 0.3) is 0 Å². The van der Waals surface area contributed by atoms with E-state index in [0.717, 1.165) is 5.56 Å². The molecule has 0 atom stereocenters. The van der Waals surface area contributed by atoms with Crippen LogP contribution in [0.2, 0.25) is 10.3 Å². The predicted octanol–water partition coefficient (Wildman–Crippen LogP) is 2.32. The second kappa shape index (κ2) is 5.99. The zero-order valence-corrected chi connectivity index (χ0v) is 11.6. The lowest BCUT2D eigenvalue weighted by Gasteiger charge is -2.10. The summed E-state index contributed by atoms with van der Waals surface area (Å²) >= 11 is 11.7.